The average molecular weight is 1410 g/mol. The maximum Gasteiger partial charge on any atom is 0.344 e. The molecular formula is C30H21I7N2O7. The number of aromatic hydroxyl groups is 1. The molecule has 0 aliphatic carbocycles. The van der Waals surface area contributed by atoms with Crippen molar-refractivity contribution in [1.29, 1.82) is 0 Å². The number of carboxylic acids is 1. The molecule has 4 aromatic rings. The van der Waals surface area contributed by atoms with Crippen LogP contribution in [0.5, 0.6) is 34.5 Å². The lowest BCUT2D eigenvalue weighted by molar-refractivity contribution is -0.139. The Labute approximate surface area is 361 Å². The zero-order valence-electron chi connectivity index (χ0n) is 23.0. The van der Waals surface area contributed by atoms with Crippen LogP contribution in [0.25, 0.3) is 0 Å². The molecule has 0 radical (unpaired) electrons. The minimum absolute atomic E-state index is 0.165. The molecule has 4 N–H and O–H groups in total. The first-order chi connectivity index (χ1) is 21.7. The quantitative estimate of drug-likeness (QED) is 0.0317. The number of carbonyl (C=O) groups is 2. The SMILES string of the molecule is N[C@@H](Cc1cc(I)c(Oc2cc(I)c(OC(=O)[C@](I)(Cc3ccc(Oc4ccc(O)cc4)cc3)N(I)I)c(I)c2)c(I)c1)C(=O)O. The summed E-state index contributed by atoms with van der Waals surface area (Å²) in [6.45, 7) is 0. The van der Waals surface area contributed by atoms with Crippen LogP contribution in [0, 0.1) is 14.3 Å². The highest BCUT2D eigenvalue weighted by Gasteiger charge is 2.43. The van der Waals surface area contributed by atoms with Gasteiger partial charge in [0.2, 0.25) is 0 Å². The van der Waals surface area contributed by atoms with Gasteiger partial charge < -0.3 is 30.2 Å². The van der Waals surface area contributed by atoms with E-state index in [-0.39, 0.29) is 12.2 Å². The first kappa shape index (κ1) is 39.0. The summed E-state index contributed by atoms with van der Waals surface area (Å²) < 4.78 is 21.9. The van der Waals surface area contributed by atoms with Crippen LogP contribution in [-0.2, 0) is 22.4 Å². The third-order valence-electron chi connectivity index (χ3n) is 6.23. The Morgan fingerprint density at radius 2 is 1.26 bits per heavy atom. The maximum atomic E-state index is 13.7. The van der Waals surface area contributed by atoms with E-state index < -0.39 is 21.5 Å². The minimum Gasteiger partial charge on any atom is -0.508 e. The molecule has 0 aliphatic heterocycles. The number of esters is 1. The molecule has 0 unspecified atom stereocenters. The van der Waals surface area contributed by atoms with Gasteiger partial charge in [0.15, 0.2) is 15.0 Å². The molecule has 0 fully saturated rings. The number of phenolic OH excluding ortho intramolecular Hbond substituents is 1. The highest BCUT2D eigenvalue weighted by Crippen LogP contribution is 2.41. The maximum absolute atomic E-state index is 13.7. The van der Waals surface area contributed by atoms with E-state index in [0.29, 0.717) is 42.3 Å². The smallest absolute Gasteiger partial charge is 0.344 e. The van der Waals surface area contributed by atoms with Gasteiger partial charge in [-0.05, 0) is 191 Å². The fourth-order valence-corrected chi connectivity index (χ4v) is 9.28. The summed E-state index contributed by atoms with van der Waals surface area (Å²) in [6.07, 6.45) is 0.582. The molecule has 9 nitrogen and oxygen atoms in total. The largest absolute Gasteiger partial charge is 0.508 e. The number of alkyl halides is 1. The van der Waals surface area contributed by atoms with Crippen LogP contribution in [-0.4, -0.2) is 33.1 Å². The van der Waals surface area contributed by atoms with E-state index in [2.05, 4.69) is 159 Å². The number of nitrogens with two attached hydrogens (primary N) is 1. The van der Waals surface area contributed by atoms with Crippen LogP contribution in [0.4, 0.5) is 0 Å². The number of aliphatic carboxylic acids is 1. The number of phenols is 1. The summed E-state index contributed by atoms with van der Waals surface area (Å²) in [6, 6.07) is 20.3. The number of carbonyl (C=O) groups excluding carboxylic acids is 1. The average Bonchev–Trinajstić information content (AvgIpc) is 2.98. The lowest BCUT2D eigenvalue weighted by Crippen LogP contribution is -2.44. The summed E-state index contributed by atoms with van der Waals surface area (Å²) in [5, 5.41) is 18.6. The van der Waals surface area contributed by atoms with Crippen LogP contribution in [0.15, 0.2) is 72.8 Å². The van der Waals surface area contributed by atoms with Crippen molar-refractivity contribution in [2.75, 3.05) is 0 Å². The fourth-order valence-electron chi connectivity index (χ4n) is 3.95. The van der Waals surface area contributed by atoms with Crippen LogP contribution >= 0.6 is 159 Å². The van der Waals surface area contributed by atoms with Crippen LogP contribution in [0.3, 0.4) is 0 Å². The molecule has 16 heteroatoms. The van der Waals surface area contributed by atoms with Crippen molar-refractivity contribution in [1.82, 2.24) is 1.33 Å². The molecule has 0 saturated carbocycles. The van der Waals surface area contributed by atoms with Gasteiger partial charge in [0, 0.05) is 52.1 Å². The molecule has 4 aromatic carbocycles. The fraction of sp³-hybridized carbons (Fsp3) is 0.133. The van der Waals surface area contributed by atoms with Gasteiger partial charge >= 0.3 is 11.9 Å². The van der Waals surface area contributed by atoms with Crippen molar-refractivity contribution < 1.29 is 34.0 Å². The first-order valence-electron chi connectivity index (χ1n) is 12.9. The van der Waals surface area contributed by atoms with Gasteiger partial charge in [-0.2, -0.15) is 1.33 Å². The second kappa shape index (κ2) is 17.5. The van der Waals surface area contributed by atoms with Crippen LogP contribution in [0.1, 0.15) is 11.1 Å². The molecule has 4 rings (SSSR count). The van der Waals surface area contributed by atoms with Gasteiger partial charge in [0.1, 0.15) is 29.0 Å². The van der Waals surface area contributed by atoms with E-state index in [0.717, 1.165) is 18.3 Å². The van der Waals surface area contributed by atoms with Crippen molar-refractivity contribution in [3.05, 3.63) is 98.2 Å². The van der Waals surface area contributed by atoms with Crippen molar-refractivity contribution in [2.24, 2.45) is 5.73 Å². The van der Waals surface area contributed by atoms with Gasteiger partial charge in [0.25, 0.3) is 0 Å². The molecular weight excluding hydrogens is 1390 g/mol. The van der Waals surface area contributed by atoms with E-state index in [1.54, 1.807) is 37.7 Å². The summed E-state index contributed by atoms with van der Waals surface area (Å²) in [5.74, 6) is 1.57. The minimum atomic E-state index is -1.05. The van der Waals surface area contributed by atoms with Crippen molar-refractivity contribution in [3.63, 3.8) is 0 Å². The second-order valence-corrected chi connectivity index (χ2v) is 19.9. The number of rotatable bonds is 12. The Hall–Kier alpha value is 0.250. The molecule has 0 spiro atoms. The van der Waals surface area contributed by atoms with Crippen molar-refractivity contribution >= 4 is 171 Å². The van der Waals surface area contributed by atoms with E-state index in [1.807, 2.05) is 36.4 Å². The number of ether oxygens (including phenoxy) is 3. The second-order valence-electron chi connectivity index (χ2n) is 9.65. The number of nitrogens with zero attached hydrogens (tertiary/aromatic N) is 1. The van der Waals surface area contributed by atoms with Crippen LogP contribution in [0.2, 0.25) is 0 Å². The van der Waals surface area contributed by atoms with Gasteiger partial charge in [-0.3, -0.25) is 4.79 Å². The van der Waals surface area contributed by atoms with E-state index in [9.17, 15) is 14.7 Å². The number of halogens is 7. The molecule has 0 heterocycles. The highest BCUT2D eigenvalue weighted by molar-refractivity contribution is 14.2. The Kier molecular flexibility index (Phi) is 14.8. The molecule has 46 heavy (non-hydrogen) atoms. The van der Waals surface area contributed by atoms with E-state index in [1.165, 1.54) is 0 Å². The Morgan fingerprint density at radius 3 is 1.76 bits per heavy atom. The van der Waals surface area contributed by atoms with Crippen molar-refractivity contribution in [3.8, 4) is 34.5 Å². The normalized spacial score (nSPS) is 13.2. The predicted octanol–water partition coefficient (Wildman–Crippen LogP) is 9.63. The summed E-state index contributed by atoms with van der Waals surface area (Å²) >= 11 is 14.9. The third-order valence-corrected chi connectivity index (χ3v) is 14.2. The lowest BCUT2D eigenvalue weighted by Gasteiger charge is -2.29. The standard InChI is InChI=1S/C30H21I7N2O7/c31-21-9-16(11-25(38)28(41)42)10-22(32)26(21)45-20-12-23(33)27(24(34)13-20)46-29(43)30(35,39(36)37)14-15-1-5-18(6-2-15)44-19-7-3-17(40)4-8-19/h1-10,12-13,25,40H,11,14,38H2,(H,41,42)/t25-,30-/m0/s1. The predicted molar refractivity (Wildman–Crippen MR) is 234 cm³/mol. The molecule has 0 amide bonds. The molecule has 0 bridgehead atoms. The number of carboxylic acid groups (broad SMARTS) is 1. The molecule has 2 atom stereocenters. The van der Waals surface area contributed by atoms with Crippen LogP contribution < -0.4 is 19.9 Å². The van der Waals surface area contributed by atoms with Crippen molar-refractivity contribution in [2.45, 2.75) is 22.4 Å². The topological polar surface area (TPSA) is 132 Å². The number of hydrogen-bond acceptors (Lipinski definition) is 8. The summed E-state index contributed by atoms with van der Waals surface area (Å²) in [4.78, 5) is 24.9. The zero-order chi connectivity index (χ0) is 33.8. The Morgan fingerprint density at radius 1 is 0.761 bits per heavy atom. The van der Waals surface area contributed by atoms with Gasteiger partial charge in [-0.15, -0.1) is 0 Å². The lowest BCUT2D eigenvalue weighted by atomic mass is 10.1. The zero-order valence-corrected chi connectivity index (χ0v) is 38.1. The summed E-state index contributed by atoms with van der Waals surface area (Å²) in [7, 11) is 0. The number of hydrogen-bond donors (Lipinski definition) is 3. The number of benzene rings is 4. The molecule has 0 aromatic heterocycles. The summed E-state index contributed by atoms with van der Waals surface area (Å²) in [5.41, 5.74) is 7.44. The van der Waals surface area contributed by atoms with Gasteiger partial charge in [0.05, 0.1) is 14.3 Å². The molecule has 0 saturated heterocycles. The van der Waals surface area contributed by atoms with E-state index in [4.69, 9.17) is 25.1 Å². The third kappa shape index (κ3) is 10.4. The monoisotopic (exact) mass is 1410 g/mol. The van der Waals surface area contributed by atoms with Gasteiger partial charge in [-0.1, -0.05) is 12.1 Å². The molecule has 0 aliphatic rings. The highest BCUT2D eigenvalue weighted by atomic mass is 127. The first-order valence-corrected chi connectivity index (χ1v) is 20.2. The Balaban J connectivity index is 1.48. The molecule has 242 valence electrons. The Bertz CT molecular complexity index is 1700. The van der Waals surface area contributed by atoms with Gasteiger partial charge in [-0.25, -0.2) is 4.79 Å². The van der Waals surface area contributed by atoms with E-state index >= 15 is 0 Å².